The van der Waals surface area contributed by atoms with E-state index in [0.717, 1.165) is 16.3 Å². The maximum absolute atomic E-state index is 10.6. The van der Waals surface area contributed by atoms with Crippen LogP contribution >= 0.6 is 24.4 Å². The number of pyridine rings is 2. The average Bonchev–Trinajstić information content (AvgIpc) is 3.05. The Labute approximate surface area is 167 Å². The second kappa shape index (κ2) is 11.9. The standard InChI is InChI=1S/C7H4BrN2OP.C7H8N4O.C3H8/c8-5-1-2-6-9-3-7(12-11)10(6)4-5;8-2-7-6(9)1-5(3-10-7)11-4-12;1-3-2/h1-4H;1-4,8H,9H2,(H,11,12);3H2,1-2H3. The molecule has 27 heavy (non-hydrogen) atoms. The molecule has 0 fully saturated rings. The number of nitrogens with two attached hydrogens (primary N) is 1. The number of nitrogen functional groups attached to an aromatic ring is 1. The number of imidazole rings is 1. The van der Waals surface area contributed by atoms with Gasteiger partial charge >= 0.3 is 0 Å². The average molecular weight is 451 g/mol. The molecule has 4 N–H and O–H groups in total. The Kier molecular flexibility index (Phi) is 9.85. The Morgan fingerprint density at radius 3 is 2.59 bits per heavy atom. The highest BCUT2D eigenvalue weighted by Crippen LogP contribution is 2.12. The molecule has 3 heterocycles. The number of amides is 1. The number of carbonyl (C=O) groups excluding carboxylic acids is 1. The molecule has 0 atom stereocenters. The zero-order valence-corrected chi connectivity index (χ0v) is 17.4. The van der Waals surface area contributed by atoms with E-state index in [2.05, 4.69) is 45.1 Å². The van der Waals surface area contributed by atoms with Gasteiger partial charge in [0.2, 0.25) is 14.9 Å². The number of nitrogens with zero attached hydrogens (tertiary/aromatic N) is 3. The maximum Gasteiger partial charge on any atom is 0.212 e. The molecule has 3 aromatic rings. The number of carbonyl (C=O) groups is 1. The normalized spacial score (nSPS) is 9.59. The summed E-state index contributed by atoms with van der Waals surface area (Å²) < 4.78 is 13.3. The highest BCUT2D eigenvalue weighted by atomic mass is 79.9. The highest BCUT2D eigenvalue weighted by Gasteiger charge is 2.01. The molecule has 10 heteroatoms. The van der Waals surface area contributed by atoms with Crippen molar-refractivity contribution in [1.82, 2.24) is 14.4 Å². The first-order chi connectivity index (χ1) is 13.0. The van der Waals surface area contributed by atoms with Gasteiger partial charge in [0.25, 0.3) is 0 Å². The second-order valence-electron chi connectivity index (χ2n) is 5.10. The van der Waals surface area contributed by atoms with Crippen LogP contribution < -0.4 is 16.5 Å². The van der Waals surface area contributed by atoms with Gasteiger partial charge in [0.1, 0.15) is 16.8 Å². The van der Waals surface area contributed by atoms with Crippen molar-refractivity contribution >= 4 is 59.5 Å². The smallest absolute Gasteiger partial charge is 0.212 e. The van der Waals surface area contributed by atoms with Crippen molar-refractivity contribution in [1.29, 1.82) is 5.41 Å². The molecule has 0 aliphatic carbocycles. The van der Waals surface area contributed by atoms with Crippen molar-refractivity contribution in [3.63, 3.8) is 0 Å². The molecule has 0 bridgehead atoms. The minimum atomic E-state index is -0.0112. The first-order valence-corrected chi connectivity index (χ1v) is 9.53. The number of hydrogen-bond acceptors (Lipinski definition) is 6. The van der Waals surface area contributed by atoms with Gasteiger partial charge in [0.05, 0.1) is 23.8 Å². The van der Waals surface area contributed by atoms with Crippen LogP contribution in [0.4, 0.5) is 11.4 Å². The molecule has 0 saturated carbocycles. The number of fused-ring (bicyclic) bond motifs is 1. The van der Waals surface area contributed by atoms with Gasteiger partial charge in [0, 0.05) is 16.9 Å². The summed E-state index contributed by atoms with van der Waals surface area (Å²) in [5.74, 6) is 0. The van der Waals surface area contributed by atoms with E-state index in [-0.39, 0.29) is 8.46 Å². The van der Waals surface area contributed by atoms with Gasteiger partial charge in [-0.05, 0) is 34.1 Å². The SMILES string of the molecule is CCC.N=Cc1ncc(NC=O)cc1N.O=Pc1cnc2ccc(Br)cn12. The molecule has 0 unspecified atom stereocenters. The summed E-state index contributed by atoms with van der Waals surface area (Å²) in [4.78, 5) is 17.9. The monoisotopic (exact) mass is 450 g/mol. The van der Waals surface area contributed by atoms with Gasteiger partial charge in [0.15, 0.2) is 0 Å². The lowest BCUT2D eigenvalue weighted by Crippen LogP contribution is -2.00. The summed E-state index contributed by atoms with van der Waals surface area (Å²) in [6, 6.07) is 5.30. The van der Waals surface area contributed by atoms with Crippen LogP contribution in [0.5, 0.6) is 0 Å². The van der Waals surface area contributed by atoms with Crippen LogP contribution in [0.25, 0.3) is 5.65 Å². The third-order valence-corrected chi connectivity index (χ3v) is 3.84. The lowest BCUT2D eigenvalue weighted by atomic mass is 10.3. The minimum Gasteiger partial charge on any atom is -0.397 e. The van der Waals surface area contributed by atoms with Crippen LogP contribution in [-0.4, -0.2) is 27.0 Å². The number of halogens is 1. The van der Waals surface area contributed by atoms with Gasteiger partial charge < -0.3 is 16.5 Å². The molecule has 0 aliphatic rings. The zero-order chi connectivity index (χ0) is 20.2. The van der Waals surface area contributed by atoms with Gasteiger partial charge in [-0.3, -0.25) is 18.7 Å². The second-order valence-corrected chi connectivity index (χ2v) is 6.65. The summed E-state index contributed by atoms with van der Waals surface area (Å²) in [5.41, 5.74) is 8.24. The number of rotatable bonds is 4. The molecule has 0 aromatic carbocycles. The molecule has 8 nitrogen and oxygen atoms in total. The fourth-order valence-corrected chi connectivity index (χ4v) is 2.46. The highest BCUT2D eigenvalue weighted by molar-refractivity contribution is 9.10. The summed E-state index contributed by atoms with van der Waals surface area (Å²) in [7, 11) is -0.0112. The molecule has 142 valence electrons. The number of anilines is 2. The van der Waals surface area contributed by atoms with Crippen LogP contribution in [0.3, 0.4) is 0 Å². The molecule has 0 radical (unpaired) electrons. The predicted octanol–water partition coefficient (Wildman–Crippen LogP) is 3.66. The Morgan fingerprint density at radius 2 is 2.04 bits per heavy atom. The topological polar surface area (TPSA) is 126 Å². The van der Waals surface area contributed by atoms with E-state index in [1.807, 2.05) is 18.3 Å². The summed E-state index contributed by atoms with van der Waals surface area (Å²) >= 11 is 3.33. The van der Waals surface area contributed by atoms with Crippen molar-refractivity contribution in [2.24, 2.45) is 0 Å². The Hall–Kier alpha value is -2.64. The van der Waals surface area contributed by atoms with E-state index in [1.165, 1.54) is 12.6 Å². The molecule has 0 aliphatic heterocycles. The van der Waals surface area contributed by atoms with Gasteiger partial charge in [-0.1, -0.05) is 20.3 Å². The van der Waals surface area contributed by atoms with Crippen LogP contribution in [0.2, 0.25) is 0 Å². The van der Waals surface area contributed by atoms with E-state index >= 15 is 0 Å². The molecule has 3 rings (SSSR count). The quantitative estimate of drug-likeness (QED) is 0.317. The predicted molar refractivity (Wildman–Crippen MR) is 112 cm³/mol. The third-order valence-electron chi connectivity index (χ3n) is 2.86. The van der Waals surface area contributed by atoms with Crippen LogP contribution in [0, 0.1) is 5.41 Å². The molecule has 0 saturated heterocycles. The number of aromatic nitrogens is 3. The van der Waals surface area contributed by atoms with E-state index < -0.39 is 0 Å². The fraction of sp³-hybridized carbons (Fsp3) is 0.176. The van der Waals surface area contributed by atoms with Crippen LogP contribution in [0.1, 0.15) is 26.0 Å². The van der Waals surface area contributed by atoms with Crippen molar-refractivity contribution in [2.75, 3.05) is 11.1 Å². The largest absolute Gasteiger partial charge is 0.397 e. The third kappa shape index (κ3) is 6.88. The van der Waals surface area contributed by atoms with Crippen molar-refractivity contribution < 1.29 is 9.36 Å². The van der Waals surface area contributed by atoms with Gasteiger partial charge in [-0.2, -0.15) is 0 Å². The lowest BCUT2D eigenvalue weighted by Gasteiger charge is -2.01. The summed E-state index contributed by atoms with van der Waals surface area (Å²) in [6.45, 7) is 4.25. The first kappa shape index (κ1) is 22.4. The zero-order valence-electron chi connectivity index (χ0n) is 14.9. The van der Waals surface area contributed by atoms with Gasteiger partial charge in [-0.25, -0.2) is 4.98 Å². The van der Waals surface area contributed by atoms with E-state index in [4.69, 9.17) is 11.1 Å². The maximum atomic E-state index is 10.6. The van der Waals surface area contributed by atoms with Crippen molar-refractivity contribution in [3.05, 3.63) is 47.0 Å². The Bertz CT molecular complexity index is 916. The first-order valence-electron chi connectivity index (χ1n) is 7.92. The van der Waals surface area contributed by atoms with E-state index in [1.54, 1.807) is 16.7 Å². The van der Waals surface area contributed by atoms with E-state index in [0.29, 0.717) is 28.9 Å². The fourth-order valence-electron chi connectivity index (χ4n) is 1.77. The van der Waals surface area contributed by atoms with Gasteiger partial charge in [-0.15, -0.1) is 0 Å². The van der Waals surface area contributed by atoms with E-state index in [9.17, 15) is 9.36 Å². The van der Waals surface area contributed by atoms with Crippen molar-refractivity contribution in [2.45, 2.75) is 20.3 Å². The lowest BCUT2D eigenvalue weighted by molar-refractivity contribution is -0.105. The number of hydrogen-bond donors (Lipinski definition) is 3. The summed E-state index contributed by atoms with van der Waals surface area (Å²) in [6.07, 6.45) is 7.71. The molecule has 0 spiro atoms. The molecule has 1 amide bonds. The molecule has 3 aromatic heterocycles. The van der Waals surface area contributed by atoms with Crippen LogP contribution in [-0.2, 0) is 9.36 Å². The Balaban J connectivity index is 0.000000236. The Morgan fingerprint density at radius 1 is 1.33 bits per heavy atom. The number of nitrogens with one attached hydrogen (secondary N) is 2. The van der Waals surface area contributed by atoms with Crippen LogP contribution in [0.15, 0.2) is 41.3 Å². The summed E-state index contributed by atoms with van der Waals surface area (Å²) in [5, 5.41) is 9.30. The molecular weight excluding hydrogens is 431 g/mol. The molecular formula is C17H20BrN6O2P. The van der Waals surface area contributed by atoms with Crippen molar-refractivity contribution in [3.8, 4) is 0 Å². The minimum absolute atomic E-state index is 0.0112.